The molecule has 0 radical (unpaired) electrons. The normalized spacial score (nSPS) is 22.8. The molecule has 0 N–H and O–H groups in total. The number of carbonyl (C=O) groups excluding carboxylic acids is 1. The third-order valence-corrected chi connectivity index (χ3v) is 3.57. The van der Waals surface area contributed by atoms with Crippen molar-refractivity contribution in [2.24, 2.45) is 0 Å². The highest BCUT2D eigenvalue weighted by molar-refractivity contribution is 5.95. The average molecular weight is 295 g/mol. The predicted octanol–water partition coefficient (Wildman–Crippen LogP) is 3.03. The number of hydrogen-bond donors (Lipinski definition) is 0. The Balaban J connectivity index is 2.18. The Hall–Kier alpha value is -2.00. The lowest BCUT2D eigenvalue weighted by Gasteiger charge is -2.24. The Morgan fingerprint density at radius 2 is 2.10 bits per heavy atom. The van der Waals surface area contributed by atoms with E-state index in [-0.39, 0.29) is 11.5 Å². The minimum absolute atomic E-state index is 0.0128. The van der Waals surface area contributed by atoms with Crippen molar-refractivity contribution in [3.05, 3.63) is 29.8 Å². The van der Waals surface area contributed by atoms with Crippen molar-refractivity contribution < 1.29 is 23.0 Å². The topological polar surface area (TPSA) is 59.3 Å². The molecule has 0 saturated carbocycles. The summed E-state index contributed by atoms with van der Waals surface area (Å²) in [7, 11) is 0. The van der Waals surface area contributed by atoms with E-state index in [2.05, 4.69) is 4.74 Å². The molecule has 1 heterocycles. The molecule has 1 saturated heterocycles. The first-order chi connectivity index (χ1) is 9.96. The van der Waals surface area contributed by atoms with Gasteiger partial charge in [0.2, 0.25) is 0 Å². The van der Waals surface area contributed by atoms with Crippen LogP contribution in [0.5, 0.6) is 5.75 Å². The Kier molecular flexibility index (Phi) is 4.53. The van der Waals surface area contributed by atoms with Crippen LogP contribution < -0.4 is 4.74 Å². The molecule has 21 heavy (non-hydrogen) atoms. The van der Waals surface area contributed by atoms with Gasteiger partial charge in [-0.3, -0.25) is 4.79 Å². The van der Waals surface area contributed by atoms with E-state index in [9.17, 15) is 18.8 Å². The molecule has 1 aromatic carbocycles. The predicted molar refractivity (Wildman–Crippen MR) is 70.0 cm³/mol. The van der Waals surface area contributed by atoms with E-state index in [1.807, 2.05) is 6.07 Å². The quantitative estimate of drug-likeness (QED) is 0.837. The largest absolute Gasteiger partial charge is 0.435 e. The molecular formula is C15H15F2NO3. The summed E-state index contributed by atoms with van der Waals surface area (Å²) in [4.78, 5) is 12.5. The van der Waals surface area contributed by atoms with E-state index in [4.69, 9.17) is 4.74 Å². The zero-order valence-electron chi connectivity index (χ0n) is 11.5. The molecule has 1 aromatic rings. The van der Waals surface area contributed by atoms with Gasteiger partial charge in [0.25, 0.3) is 0 Å². The maximum absolute atomic E-state index is 12.5. The zero-order valence-corrected chi connectivity index (χ0v) is 11.5. The van der Waals surface area contributed by atoms with Gasteiger partial charge in [0, 0.05) is 6.61 Å². The van der Waals surface area contributed by atoms with Crippen LogP contribution in [0.3, 0.4) is 0 Å². The fraction of sp³-hybridized carbons (Fsp3) is 0.467. The van der Waals surface area contributed by atoms with Crippen molar-refractivity contribution in [3.8, 4) is 11.8 Å². The Bertz CT molecular complexity index is 545. The minimum atomic E-state index is -2.91. The Labute approximate surface area is 121 Å². The molecule has 1 aliphatic rings. The van der Waals surface area contributed by atoms with E-state index in [0.29, 0.717) is 18.6 Å². The first kappa shape index (κ1) is 15.4. The van der Waals surface area contributed by atoms with Gasteiger partial charge in [-0.2, -0.15) is 14.0 Å². The van der Waals surface area contributed by atoms with Crippen molar-refractivity contribution in [2.75, 3.05) is 6.61 Å². The molecular weight excluding hydrogens is 280 g/mol. The van der Waals surface area contributed by atoms with Crippen molar-refractivity contribution in [1.29, 1.82) is 5.26 Å². The van der Waals surface area contributed by atoms with Crippen LogP contribution in [0.1, 0.15) is 31.2 Å². The number of rotatable bonds is 5. The average Bonchev–Trinajstić information content (AvgIpc) is 2.89. The molecule has 2 unspecified atom stereocenters. The van der Waals surface area contributed by atoms with Crippen molar-refractivity contribution in [1.82, 2.24) is 0 Å². The zero-order chi connectivity index (χ0) is 15.5. The van der Waals surface area contributed by atoms with E-state index in [1.165, 1.54) is 24.3 Å². The fourth-order valence-electron chi connectivity index (χ4n) is 2.41. The highest BCUT2D eigenvalue weighted by Gasteiger charge is 2.42. The lowest BCUT2D eigenvalue weighted by atomic mass is 9.85. The molecule has 112 valence electrons. The van der Waals surface area contributed by atoms with Gasteiger partial charge in [0.15, 0.2) is 5.78 Å². The molecule has 1 fully saturated rings. The molecule has 1 aliphatic heterocycles. The van der Waals surface area contributed by atoms with Gasteiger partial charge in [-0.15, -0.1) is 0 Å². The molecule has 0 aliphatic carbocycles. The van der Waals surface area contributed by atoms with Crippen LogP contribution in [-0.2, 0) is 9.53 Å². The van der Waals surface area contributed by atoms with E-state index in [0.717, 1.165) is 6.42 Å². The summed E-state index contributed by atoms with van der Waals surface area (Å²) in [6, 6.07) is 7.49. The highest BCUT2D eigenvalue weighted by Crippen LogP contribution is 2.32. The molecule has 0 aromatic heterocycles. The first-order valence-electron chi connectivity index (χ1n) is 6.59. The summed E-state index contributed by atoms with van der Waals surface area (Å²) >= 11 is 0. The smallest absolute Gasteiger partial charge is 0.387 e. The van der Waals surface area contributed by atoms with Crippen LogP contribution >= 0.6 is 0 Å². The van der Waals surface area contributed by atoms with Gasteiger partial charge in [0.05, 0.1) is 6.07 Å². The van der Waals surface area contributed by atoms with Crippen molar-refractivity contribution in [2.45, 2.75) is 37.9 Å². The third kappa shape index (κ3) is 3.37. The summed E-state index contributed by atoms with van der Waals surface area (Å²) in [6.07, 6.45) is 1.36. The number of nitriles is 1. The maximum atomic E-state index is 12.5. The monoisotopic (exact) mass is 295 g/mol. The summed E-state index contributed by atoms with van der Waals surface area (Å²) in [5.41, 5.74) is -0.501. The molecule has 4 nitrogen and oxygen atoms in total. The van der Waals surface area contributed by atoms with E-state index >= 15 is 0 Å². The number of ketones is 1. The number of Topliss-reactive ketones (excluding diaryl/α,β-unsaturated/α-hetero) is 1. The Morgan fingerprint density at radius 3 is 2.57 bits per heavy atom. The van der Waals surface area contributed by atoms with Gasteiger partial charge >= 0.3 is 6.61 Å². The second-order valence-corrected chi connectivity index (χ2v) is 5.06. The summed E-state index contributed by atoms with van der Waals surface area (Å²) in [6.45, 7) is -0.724. The van der Waals surface area contributed by atoms with Gasteiger partial charge < -0.3 is 9.47 Å². The molecule has 0 spiro atoms. The number of alkyl halides is 2. The lowest BCUT2D eigenvalue weighted by molar-refractivity contribution is -0.137. The highest BCUT2D eigenvalue weighted by atomic mass is 19.3. The minimum Gasteiger partial charge on any atom is -0.435 e. The van der Waals surface area contributed by atoms with Crippen molar-refractivity contribution in [3.63, 3.8) is 0 Å². The molecule has 0 amide bonds. The SMILES string of the molecule is CC1(C(=O)C(C#N)c2ccc(OC(F)F)cc2)CCCO1. The summed E-state index contributed by atoms with van der Waals surface area (Å²) in [5, 5.41) is 9.26. The second kappa shape index (κ2) is 6.19. The van der Waals surface area contributed by atoms with Crippen molar-refractivity contribution >= 4 is 5.78 Å². The standard InChI is InChI=1S/C15H15F2NO3/c1-15(7-2-8-20-15)13(19)12(9-18)10-3-5-11(6-4-10)21-14(16)17/h3-6,12,14H,2,7-8H2,1H3. The van der Waals surface area contributed by atoms with E-state index < -0.39 is 18.1 Å². The van der Waals surface area contributed by atoms with Crippen LogP contribution in [0.4, 0.5) is 8.78 Å². The lowest BCUT2D eigenvalue weighted by Crippen LogP contribution is -2.37. The molecule has 2 rings (SSSR count). The number of benzene rings is 1. The second-order valence-electron chi connectivity index (χ2n) is 5.06. The first-order valence-corrected chi connectivity index (χ1v) is 6.59. The van der Waals surface area contributed by atoms with Crippen LogP contribution in [0.25, 0.3) is 0 Å². The number of carbonyl (C=O) groups is 1. The molecule has 0 bridgehead atoms. The number of nitrogens with zero attached hydrogens (tertiary/aromatic N) is 1. The molecule has 6 heteroatoms. The number of hydrogen-bond acceptors (Lipinski definition) is 4. The van der Waals surface area contributed by atoms with Crippen LogP contribution in [-0.4, -0.2) is 24.6 Å². The third-order valence-electron chi connectivity index (χ3n) is 3.57. The Morgan fingerprint density at radius 1 is 1.43 bits per heavy atom. The molecule has 2 atom stereocenters. The summed E-state index contributed by atoms with van der Waals surface area (Å²) in [5.74, 6) is -1.29. The van der Waals surface area contributed by atoms with Crippen LogP contribution in [0, 0.1) is 11.3 Å². The maximum Gasteiger partial charge on any atom is 0.387 e. The van der Waals surface area contributed by atoms with Gasteiger partial charge in [-0.1, -0.05) is 12.1 Å². The fourth-order valence-corrected chi connectivity index (χ4v) is 2.41. The summed E-state index contributed by atoms with van der Waals surface area (Å²) < 4.78 is 33.9. The van der Waals surface area contributed by atoms with Crippen LogP contribution in [0.2, 0.25) is 0 Å². The number of halogens is 2. The van der Waals surface area contributed by atoms with Gasteiger partial charge in [-0.25, -0.2) is 0 Å². The van der Waals surface area contributed by atoms with Gasteiger partial charge in [0.1, 0.15) is 17.3 Å². The van der Waals surface area contributed by atoms with Crippen LogP contribution in [0.15, 0.2) is 24.3 Å². The number of ether oxygens (including phenoxy) is 2. The van der Waals surface area contributed by atoms with Gasteiger partial charge in [-0.05, 0) is 37.5 Å². The van der Waals surface area contributed by atoms with E-state index in [1.54, 1.807) is 6.92 Å².